The van der Waals surface area contributed by atoms with E-state index in [9.17, 15) is 0 Å². The lowest BCUT2D eigenvalue weighted by Crippen LogP contribution is -2.49. The Labute approximate surface area is 113 Å². The van der Waals surface area contributed by atoms with Gasteiger partial charge in [0.25, 0.3) is 0 Å². The van der Waals surface area contributed by atoms with E-state index in [-0.39, 0.29) is 5.54 Å². The molecule has 18 heavy (non-hydrogen) atoms. The molecule has 3 nitrogen and oxygen atoms in total. The molecule has 0 aliphatic carbocycles. The Morgan fingerprint density at radius 3 is 2.61 bits per heavy atom. The minimum Gasteiger partial charge on any atom is -0.396 e. The summed E-state index contributed by atoms with van der Waals surface area (Å²) in [5.74, 6) is 0. The molecule has 0 saturated carbocycles. The molecule has 1 rings (SSSR count). The molecule has 0 amide bonds. The standard InChI is InChI=1S/C15H32N2O/c1-15(2,3)16-13-14-9-5-7-11-17(14)10-6-4-8-12-18/h14,16,18H,4-13H2,1-3H3. The van der Waals surface area contributed by atoms with Gasteiger partial charge in [0.15, 0.2) is 0 Å². The molecule has 0 radical (unpaired) electrons. The first-order chi connectivity index (χ1) is 8.53. The number of hydrogen-bond acceptors (Lipinski definition) is 3. The Morgan fingerprint density at radius 1 is 1.17 bits per heavy atom. The average Bonchev–Trinajstić information content (AvgIpc) is 2.32. The van der Waals surface area contributed by atoms with Crippen molar-refractivity contribution >= 4 is 0 Å². The molecule has 1 fully saturated rings. The van der Waals surface area contributed by atoms with Gasteiger partial charge in [0.1, 0.15) is 0 Å². The normalized spacial score (nSPS) is 22.3. The van der Waals surface area contributed by atoms with Crippen molar-refractivity contribution in [2.75, 3.05) is 26.2 Å². The Bertz CT molecular complexity index is 213. The fourth-order valence-corrected chi connectivity index (χ4v) is 2.61. The highest BCUT2D eigenvalue weighted by Crippen LogP contribution is 2.18. The second kappa shape index (κ2) is 8.13. The van der Waals surface area contributed by atoms with Crippen molar-refractivity contribution in [3.05, 3.63) is 0 Å². The van der Waals surface area contributed by atoms with E-state index in [1.807, 2.05) is 0 Å². The van der Waals surface area contributed by atoms with Gasteiger partial charge >= 0.3 is 0 Å². The zero-order valence-corrected chi connectivity index (χ0v) is 12.5. The molecule has 1 unspecified atom stereocenters. The van der Waals surface area contributed by atoms with Gasteiger partial charge in [-0.3, -0.25) is 4.90 Å². The second-order valence-corrected chi connectivity index (χ2v) is 6.60. The lowest BCUT2D eigenvalue weighted by Gasteiger charge is -2.37. The topological polar surface area (TPSA) is 35.5 Å². The summed E-state index contributed by atoms with van der Waals surface area (Å²) in [4.78, 5) is 2.65. The minimum absolute atomic E-state index is 0.222. The molecule has 108 valence electrons. The van der Waals surface area contributed by atoms with Gasteiger partial charge in [-0.25, -0.2) is 0 Å². The van der Waals surface area contributed by atoms with Gasteiger partial charge in [-0.05, 0) is 66.0 Å². The third-order valence-electron chi connectivity index (χ3n) is 3.72. The maximum absolute atomic E-state index is 8.81. The van der Waals surface area contributed by atoms with Crippen molar-refractivity contribution in [3.63, 3.8) is 0 Å². The maximum atomic E-state index is 8.81. The Morgan fingerprint density at radius 2 is 1.94 bits per heavy atom. The second-order valence-electron chi connectivity index (χ2n) is 6.60. The van der Waals surface area contributed by atoms with Crippen LogP contribution in [0.25, 0.3) is 0 Å². The first-order valence-corrected chi connectivity index (χ1v) is 7.63. The average molecular weight is 256 g/mol. The fraction of sp³-hybridized carbons (Fsp3) is 1.00. The van der Waals surface area contributed by atoms with Crippen LogP contribution in [0.2, 0.25) is 0 Å². The summed E-state index contributed by atoms with van der Waals surface area (Å²) < 4.78 is 0. The zero-order valence-electron chi connectivity index (χ0n) is 12.5. The maximum Gasteiger partial charge on any atom is 0.0431 e. The van der Waals surface area contributed by atoms with Crippen molar-refractivity contribution in [3.8, 4) is 0 Å². The van der Waals surface area contributed by atoms with E-state index in [2.05, 4.69) is 31.0 Å². The summed E-state index contributed by atoms with van der Waals surface area (Å²) in [5, 5.41) is 12.4. The molecule has 1 aliphatic heterocycles. The van der Waals surface area contributed by atoms with E-state index in [0.717, 1.165) is 19.4 Å². The van der Waals surface area contributed by atoms with Crippen LogP contribution in [0.1, 0.15) is 59.3 Å². The van der Waals surface area contributed by atoms with E-state index in [0.29, 0.717) is 12.6 Å². The molecule has 2 N–H and O–H groups in total. The van der Waals surface area contributed by atoms with E-state index in [1.165, 1.54) is 38.8 Å². The van der Waals surface area contributed by atoms with Crippen LogP contribution in [0, 0.1) is 0 Å². The van der Waals surface area contributed by atoms with Crippen molar-refractivity contribution in [1.82, 2.24) is 10.2 Å². The molecule has 3 heteroatoms. The van der Waals surface area contributed by atoms with E-state index < -0.39 is 0 Å². The number of rotatable bonds is 7. The minimum atomic E-state index is 0.222. The molecule has 1 atom stereocenters. The van der Waals surface area contributed by atoms with E-state index in [1.54, 1.807) is 0 Å². The van der Waals surface area contributed by atoms with Gasteiger partial charge in [0, 0.05) is 24.7 Å². The van der Waals surface area contributed by atoms with Crippen molar-refractivity contribution < 1.29 is 5.11 Å². The number of piperidine rings is 1. The summed E-state index contributed by atoms with van der Waals surface area (Å²) in [6.07, 6.45) is 7.41. The van der Waals surface area contributed by atoms with Crippen LogP contribution < -0.4 is 5.32 Å². The highest BCUT2D eigenvalue weighted by Gasteiger charge is 2.23. The molecular weight excluding hydrogens is 224 g/mol. The number of aliphatic hydroxyl groups excluding tert-OH is 1. The van der Waals surface area contributed by atoms with Crippen molar-refractivity contribution in [2.45, 2.75) is 70.9 Å². The number of nitrogens with zero attached hydrogens (tertiary/aromatic N) is 1. The van der Waals surface area contributed by atoms with Gasteiger partial charge in [-0.1, -0.05) is 6.42 Å². The van der Waals surface area contributed by atoms with Crippen LogP contribution in [0.15, 0.2) is 0 Å². The third kappa shape index (κ3) is 6.72. The van der Waals surface area contributed by atoms with E-state index >= 15 is 0 Å². The van der Waals surface area contributed by atoms with Gasteiger partial charge in [-0.2, -0.15) is 0 Å². The van der Waals surface area contributed by atoms with Crippen molar-refractivity contribution in [1.29, 1.82) is 0 Å². The number of unbranched alkanes of at least 4 members (excludes halogenated alkanes) is 2. The quantitative estimate of drug-likeness (QED) is 0.687. The molecule has 1 saturated heterocycles. The van der Waals surface area contributed by atoms with Gasteiger partial charge in [0.05, 0.1) is 0 Å². The summed E-state index contributed by atoms with van der Waals surface area (Å²) in [6.45, 7) is 10.6. The van der Waals surface area contributed by atoms with Crippen LogP contribution in [-0.4, -0.2) is 47.8 Å². The van der Waals surface area contributed by atoms with Crippen LogP contribution in [0.5, 0.6) is 0 Å². The van der Waals surface area contributed by atoms with Crippen LogP contribution in [0.4, 0.5) is 0 Å². The highest BCUT2D eigenvalue weighted by atomic mass is 16.2. The smallest absolute Gasteiger partial charge is 0.0431 e. The zero-order chi connectivity index (χ0) is 13.4. The van der Waals surface area contributed by atoms with E-state index in [4.69, 9.17) is 5.11 Å². The van der Waals surface area contributed by atoms with Gasteiger partial charge in [-0.15, -0.1) is 0 Å². The summed E-state index contributed by atoms with van der Waals surface area (Å²) in [7, 11) is 0. The molecule has 0 bridgehead atoms. The van der Waals surface area contributed by atoms with Gasteiger partial charge < -0.3 is 10.4 Å². The lowest BCUT2D eigenvalue weighted by atomic mass is 10.00. The first kappa shape index (κ1) is 15.9. The monoisotopic (exact) mass is 256 g/mol. The Hall–Kier alpha value is -0.120. The van der Waals surface area contributed by atoms with Crippen molar-refractivity contribution in [2.24, 2.45) is 0 Å². The van der Waals surface area contributed by atoms with Crippen LogP contribution in [0.3, 0.4) is 0 Å². The number of likely N-dealkylation sites (tertiary alicyclic amines) is 1. The first-order valence-electron chi connectivity index (χ1n) is 7.63. The molecular formula is C15H32N2O. The SMILES string of the molecule is CC(C)(C)NCC1CCCCN1CCCCCO. The number of hydrogen-bond donors (Lipinski definition) is 2. The Balaban J connectivity index is 2.28. The molecule has 1 heterocycles. The largest absolute Gasteiger partial charge is 0.396 e. The van der Waals surface area contributed by atoms with Crippen LogP contribution in [-0.2, 0) is 0 Å². The predicted octanol–water partition coefficient (Wildman–Crippen LogP) is 2.39. The highest BCUT2D eigenvalue weighted by molar-refractivity contribution is 4.82. The molecule has 0 aromatic rings. The summed E-state index contributed by atoms with van der Waals surface area (Å²) >= 11 is 0. The Kier molecular flexibility index (Phi) is 7.20. The van der Waals surface area contributed by atoms with Gasteiger partial charge in [0.2, 0.25) is 0 Å². The predicted molar refractivity (Wildman–Crippen MR) is 77.9 cm³/mol. The van der Waals surface area contributed by atoms with Crippen LogP contribution >= 0.6 is 0 Å². The molecule has 0 spiro atoms. The fourth-order valence-electron chi connectivity index (χ4n) is 2.61. The molecule has 0 aromatic carbocycles. The molecule has 0 aromatic heterocycles. The summed E-state index contributed by atoms with van der Waals surface area (Å²) in [6, 6.07) is 0.715. The number of aliphatic hydroxyl groups is 1. The molecule has 1 aliphatic rings. The number of nitrogens with one attached hydrogen (secondary N) is 1. The summed E-state index contributed by atoms with van der Waals surface area (Å²) in [5.41, 5.74) is 0.222. The third-order valence-corrected chi connectivity index (χ3v) is 3.72. The lowest BCUT2D eigenvalue weighted by molar-refractivity contribution is 0.135.